The number of hydrogen-bond acceptors (Lipinski definition) is 3. The fourth-order valence-corrected chi connectivity index (χ4v) is 3.05. The summed E-state index contributed by atoms with van der Waals surface area (Å²) in [6.07, 6.45) is 4.94. The van der Waals surface area contributed by atoms with Crippen molar-refractivity contribution in [3.8, 4) is 0 Å². The Bertz CT molecular complexity index is 974. The van der Waals surface area contributed by atoms with Gasteiger partial charge in [0.15, 0.2) is 11.5 Å². The maximum absolute atomic E-state index is 12.3. The van der Waals surface area contributed by atoms with Crippen molar-refractivity contribution in [2.45, 2.75) is 19.8 Å². The molecule has 1 amide bonds. The fourth-order valence-electron chi connectivity index (χ4n) is 2.69. The zero-order valence-electron chi connectivity index (χ0n) is 14.3. The summed E-state index contributed by atoms with van der Waals surface area (Å²) in [5, 5.41) is 3.47. The molecule has 0 aliphatic heterocycles. The maximum Gasteiger partial charge on any atom is 0.248 e. The molecule has 0 fully saturated rings. The van der Waals surface area contributed by atoms with Gasteiger partial charge in [-0.2, -0.15) is 0 Å². The van der Waals surface area contributed by atoms with Gasteiger partial charge in [-0.25, -0.2) is 0 Å². The van der Waals surface area contributed by atoms with E-state index < -0.39 is 0 Å². The summed E-state index contributed by atoms with van der Waals surface area (Å²) in [6, 6.07) is 15.5. The first kappa shape index (κ1) is 18.1. The fraction of sp³-hybridized carbons (Fsp3) is 0.143. The highest BCUT2D eigenvalue weighted by Gasteiger charge is 2.19. The number of hydrogen-bond donors (Lipinski definition) is 1. The minimum absolute atomic E-state index is 0.157. The molecule has 3 rings (SSSR count). The maximum atomic E-state index is 12.3. The molecule has 0 saturated heterocycles. The highest BCUT2D eigenvalue weighted by molar-refractivity contribution is 9.10. The molecule has 0 spiro atoms. The van der Waals surface area contributed by atoms with Crippen molar-refractivity contribution in [2.24, 2.45) is 0 Å². The molecule has 1 N–H and O–H groups in total. The molecule has 4 nitrogen and oxygen atoms in total. The van der Waals surface area contributed by atoms with Crippen LogP contribution in [-0.2, 0) is 11.2 Å². The second-order valence-electron chi connectivity index (χ2n) is 5.92. The average Bonchev–Trinajstić information content (AvgIpc) is 2.98. The lowest BCUT2D eigenvalue weighted by atomic mass is 10.1. The van der Waals surface area contributed by atoms with E-state index in [0.29, 0.717) is 16.7 Å². The van der Waals surface area contributed by atoms with Gasteiger partial charge in [0.25, 0.3) is 0 Å². The highest BCUT2D eigenvalue weighted by atomic mass is 79.9. The van der Waals surface area contributed by atoms with Gasteiger partial charge >= 0.3 is 0 Å². The SMILES string of the molecule is CC(=O)c1oc2ccc(Br)cc2c1NC(=O)C=CCCc1ccccc1. The van der Waals surface area contributed by atoms with Gasteiger partial charge in [0.05, 0.1) is 5.69 Å². The number of allylic oxidation sites excluding steroid dienone is 1. The van der Waals surface area contributed by atoms with E-state index in [0.717, 1.165) is 17.3 Å². The molecule has 0 radical (unpaired) electrons. The summed E-state index contributed by atoms with van der Waals surface area (Å²) in [5.74, 6) is -0.368. The Balaban J connectivity index is 1.72. The van der Waals surface area contributed by atoms with Crippen LogP contribution >= 0.6 is 15.9 Å². The third-order valence-electron chi connectivity index (χ3n) is 3.93. The predicted molar refractivity (Wildman–Crippen MR) is 106 cm³/mol. The number of Topliss-reactive ketones (excluding diaryl/α,β-unsaturated/α-hetero) is 1. The molecule has 132 valence electrons. The van der Waals surface area contributed by atoms with Gasteiger partial charge in [-0.15, -0.1) is 0 Å². The van der Waals surface area contributed by atoms with Crippen LogP contribution in [0.2, 0.25) is 0 Å². The van der Waals surface area contributed by atoms with Gasteiger partial charge in [-0.1, -0.05) is 52.3 Å². The van der Waals surface area contributed by atoms with E-state index in [1.807, 2.05) is 36.4 Å². The number of furan rings is 1. The first-order chi connectivity index (χ1) is 12.5. The number of benzene rings is 2. The van der Waals surface area contributed by atoms with Gasteiger partial charge in [0.1, 0.15) is 5.58 Å². The van der Waals surface area contributed by atoms with Gasteiger partial charge in [-0.05, 0) is 42.7 Å². The van der Waals surface area contributed by atoms with Crippen LogP contribution < -0.4 is 5.32 Å². The Morgan fingerprint density at radius 3 is 2.65 bits per heavy atom. The number of ketones is 1. The summed E-state index contributed by atoms with van der Waals surface area (Å²) >= 11 is 3.40. The lowest BCUT2D eigenvalue weighted by Crippen LogP contribution is -2.10. The Morgan fingerprint density at radius 2 is 1.92 bits per heavy atom. The molecule has 0 aliphatic rings. The van der Waals surface area contributed by atoms with Gasteiger partial charge in [0.2, 0.25) is 5.91 Å². The van der Waals surface area contributed by atoms with E-state index in [-0.39, 0.29) is 17.5 Å². The topological polar surface area (TPSA) is 59.3 Å². The van der Waals surface area contributed by atoms with Crippen LogP contribution in [0.25, 0.3) is 11.0 Å². The molecular formula is C21H18BrNO3. The van der Waals surface area contributed by atoms with E-state index in [9.17, 15) is 9.59 Å². The second kappa shape index (κ2) is 8.15. The smallest absolute Gasteiger partial charge is 0.248 e. The first-order valence-corrected chi connectivity index (χ1v) is 9.08. The van der Waals surface area contributed by atoms with E-state index in [2.05, 4.69) is 33.4 Å². The monoisotopic (exact) mass is 411 g/mol. The zero-order chi connectivity index (χ0) is 18.5. The summed E-state index contributed by atoms with van der Waals surface area (Å²) in [4.78, 5) is 24.1. The standard InChI is InChI=1S/C21H18BrNO3/c1-14(24)21-20(17-13-16(22)11-12-18(17)26-21)23-19(25)10-6-5-9-15-7-3-2-4-8-15/h2-4,6-8,10-13H,5,9H2,1H3,(H,23,25). The van der Waals surface area contributed by atoms with Crippen molar-refractivity contribution >= 4 is 44.3 Å². The highest BCUT2D eigenvalue weighted by Crippen LogP contribution is 2.33. The van der Waals surface area contributed by atoms with Crippen molar-refractivity contribution in [1.29, 1.82) is 0 Å². The molecule has 2 aromatic carbocycles. The van der Waals surface area contributed by atoms with Crippen LogP contribution in [-0.4, -0.2) is 11.7 Å². The molecule has 3 aromatic rings. The molecule has 0 aliphatic carbocycles. The molecular weight excluding hydrogens is 394 g/mol. The second-order valence-corrected chi connectivity index (χ2v) is 6.83. The number of halogens is 1. The van der Waals surface area contributed by atoms with Crippen molar-refractivity contribution < 1.29 is 14.0 Å². The normalized spacial score (nSPS) is 11.2. The third-order valence-corrected chi connectivity index (χ3v) is 4.42. The summed E-state index contributed by atoms with van der Waals surface area (Å²) in [6.45, 7) is 1.41. The van der Waals surface area contributed by atoms with Crippen LogP contribution in [0.5, 0.6) is 0 Å². The Morgan fingerprint density at radius 1 is 1.15 bits per heavy atom. The molecule has 26 heavy (non-hydrogen) atoms. The number of aryl methyl sites for hydroxylation is 1. The number of carbonyl (C=O) groups is 2. The molecule has 0 bridgehead atoms. The predicted octanol–water partition coefficient (Wildman–Crippen LogP) is 5.53. The van der Waals surface area contributed by atoms with E-state index >= 15 is 0 Å². The Kier molecular flexibility index (Phi) is 5.68. The Hall–Kier alpha value is -2.66. The summed E-state index contributed by atoms with van der Waals surface area (Å²) < 4.78 is 6.43. The van der Waals surface area contributed by atoms with Crippen molar-refractivity contribution in [3.63, 3.8) is 0 Å². The first-order valence-electron chi connectivity index (χ1n) is 8.29. The minimum Gasteiger partial charge on any atom is -0.451 e. The number of carbonyl (C=O) groups excluding carboxylic acids is 2. The van der Waals surface area contributed by atoms with E-state index in [1.165, 1.54) is 18.6 Å². The van der Waals surface area contributed by atoms with E-state index in [4.69, 9.17) is 4.42 Å². The molecule has 1 aromatic heterocycles. The molecule has 1 heterocycles. The van der Waals surface area contributed by atoms with Gasteiger partial charge < -0.3 is 9.73 Å². The van der Waals surface area contributed by atoms with E-state index in [1.54, 1.807) is 6.07 Å². The third kappa shape index (κ3) is 4.29. The largest absolute Gasteiger partial charge is 0.451 e. The van der Waals surface area contributed by atoms with Crippen molar-refractivity contribution in [1.82, 2.24) is 0 Å². The molecule has 0 saturated carbocycles. The van der Waals surface area contributed by atoms with Crippen LogP contribution in [0.1, 0.15) is 29.5 Å². The molecule has 0 unspecified atom stereocenters. The van der Waals surface area contributed by atoms with Gasteiger partial charge in [0, 0.05) is 16.8 Å². The van der Waals surface area contributed by atoms with Gasteiger partial charge in [-0.3, -0.25) is 9.59 Å². The van der Waals surface area contributed by atoms with Crippen molar-refractivity contribution in [3.05, 3.63) is 76.5 Å². The van der Waals surface area contributed by atoms with Crippen LogP contribution in [0.15, 0.2) is 69.6 Å². The quantitative estimate of drug-likeness (QED) is 0.428. The Labute approximate surface area is 160 Å². The number of nitrogens with one attached hydrogen (secondary N) is 1. The minimum atomic E-state index is -0.289. The number of rotatable bonds is 6. The van der Waals surface area contributed by atoms with Crippen LogP contribution in [0.3, 0.4) is 0 Å². The number of anilines is 1. The molecule has 5 heteroatoms. The number of fused-ring (bicyclic) bond motifs is 1. The lowest BCUT2D eigenvalue weighted by Gasteiger charge is -2.02. The van der Waals surface area contributed by atoms with Crippen LogP contribution in [0, 0.1) is 0 Å². The zero-order valence-corrected chi connectivity index (χ0v) is 15.9. The lowest BCUT2D eigenvalue weighted by molar-refractivity contribution is -0.111. The summed E-state index contributed by atoms with van der Waals surface area (Å²) in [7, 11) is 0. The van der Waals surface area contributed by atoms with Crippen LogP contribution in [0.4, 0.5) is 5.69 Å². The molecule has 0 atom stereocenters. The van der Waals surface area contributed by atoms with Crippen molar-refractivity contribution in [2.75, 3.05) is 5.32 Å². The number of amides is 1. The summed E-state index contributed by atoms with van der Waals surface area (Å²) in [5.41, 5.74) is 2.19. The average molecular weight is 412 g/mol.